The van der Waals surface area contributed by atoms with Crippen LogP contribution in [0.1, 0.15) is 31.1 Å². The Kier molecular flexibility index (Phi) is 7.72. The zero-order valence-corrected chi connectivity index (χ0v) is 19.5. The van der Waals surface area contributed by atoms with Gasteiger partial charge in [-0.25, -0.2) is 14.4 Å². The molecule has 34 heavy (non-hydrogen) atoms. The lowest BCUT2D eigenvalue weighted by atomic mass is 10.1. The van der Waals surface area contributed by atoms with Gasteiger partial charge in [0.25, 0.3) is 0 Å². The van der Waals surface area contributed by atoms with E-state index in [9.17, 15) is 14.4 Å². The van der Waals surface area contributed by atoms with Crippen LogP contribution in [0.4, 0.5) is 0 Å². The summed E-state index contributed by atoms with van der Waals surface area (Å²) in [6.07, 6.45) is -2.85. The van der Waals surface area contributed by atoms with Gasteiger partial charge >= 0.3 is 17.9 Å². The Morgan fingerprint density at radius 2 is 1.06 bits per heavy atom. The molecule has 0 aliphatic carbocycles. The third kappa shape index (κ3) is 5.70. The first-order valence-corrected chi connectivity index (χ1v) is 11.5. The van der Waals surface area contributed by atoms with Gasteiger partial charge in [0, 0.05) is 0 Å². The molecule has 3 aromatic rings. The molecule has 0 saturated carbocycles. The van der Waals surface area contributed by atoms with Crippen LogP contribution in [0, 0.1) is 0 Å². The molecule has 1 saturated heterocycles. The van der Waals surface area contributed by atoms with Crippen molar-refractivity contribution in [1.82, 2.24) is 0 Å². The molecule has 1 aliphatic rings. The minimum atomic E-state index is -1.02. The molecule has 4 atom stereocenters. The van der Waals surface area contributed by atoms with Gasteiger partial charge in [0.05, 0.1) is 16.7 Å². The van der Waals surface area contributed by atoms with Gasteiger partial charge < -0.3 is 18.9 Å². The maximum atomic E-state index is 12.8. The van der Waals surface area contributed by atoms with Crippen LogP contribution in [0.2, 0.25) is 0 Å². The zero-order valence-electron chi connectivity index (χ0n) is 17.9. The maximum Gasteiger partial charge on any atom is 0.338 e. The van der Waals surface area contributed by atoms with Crippen LogP contribution in [-0.2, 0) is 18.9 Å². The first-order chi connectivity index (χ1) is 16.5. The molecule has 8 heteroatoms. The van der Waals surface area contributed by atoms with E-state index in [1.165, 1.54) is 0 Å². The molecule has 7 nitrogen and oxygen atoms in total. The van der Waals surface area contributed by atoms with Crippen molar-refractivity contribution in [3.05, 3.63) is 108 Å². The molecule has 0 bridgehead atoms. The first-order valence-electron chi connectivity index (χ1n) is 10.6. The van der Waals surface area contributed by atoms with Crippen LogP contribution in [0.3, 0.4) is 0 Å². The van der Waals surface area contributed by atoms with Gasteiger partial charge in [-0.2, -0.15) is 0 Å². The fourth-order valence-corrected chi connectivity index (χ4v) is 4.11. The summed E-state index contributed by atoms with van der Waals surface area (Å²) in [5.41, 5.74) is 1.05. The van der Waals surface area contributed by atoms with Crippen LogP contribution in [0.5, 0.6) is 0 Å². The molecule has 0 N–H and O–H groups in total. The number of carbonyl (C=O) groups excluding carboxylic acids is 3. The fraction of sp³-hybridized carbons (Fsp3) is 0.192. The lowest BCUT2D eigenvalue weighted by Crippen LogP contribution is -2.41. The minimum absolute atomic E-state index is 0.206. The Morgan fingerprint density at radius 3 is 1.53 bits per heavy atom. The molecule has 174 valence electrons. The van der Waals surface area contributed by atoms with Gasteiger partial charge in [0.15, 0.2) is 17.2 Å². The zero-order chi connectivity index (χ0) is 23.9. The number of hydrogen-bond donors (Lipinski definition) is 0. The Labute approximate surface area is 204 Å². The molecule has 1 aliphatic heterocycles. The second-order valence-electron chi connectivity index (χ2n) is 7.46. The van der Waals surface area contributed by atoms with E-state index in [4.69, 9.17) is 18.9 Å². The Hall–Kier alpha value is -3.49. The number of esters is 3. The van der Waals surface area contributed by atoms with Crippen LogP contribution in [0.25, 0.3) is 0 Å². The normalized spacial score (nSPS) is 21.4. The summed E-state index contributed by atoms with van der Waals surface area (Å²) < 4.78 is 22.6. The van der Waals surface area contributed by atoms with Crippen molar-refractivity contribution in [2.24, 2.45) is 0 Å². The number of halogens is 1. The second-order valence-corrected chi connectivity index (χ2v) is 8.36. The van der Waals surface area contributed by atoms with E-state index in [0.29, 0.717) is 16.7 Å². The third-order valence-corrected chi connectivity index (χ3v) is 5.88. The van der Waals surface area contributed by atoms with E-state index in [1.807, 2.05) is 0 Å². The second kappa shape index (κ2) is 11.1. The number of benzene rings is 3. The number of carbonyl (C=O) groups is 3. The number of ether oxygens (including phenoxy) is 4. The van der Waals surface area contributed by atoms with Crippen molar-refractivity contribution in [2.75, 3.05) is 6.61 Å². The van der Waals surface area contributed by atoms with Crippen molar-refractivity contribution < 1.29 is 33.3 Å². The maximum absolute atomic E-state index is 12.8. The standard InChI is InChI=1S/C26H21BrO7/c27-23-22(34-26(30)19-14-8-3-9-15-19)21(33-25(29)18-12-6-2-7-13-18)20(32-23)16-31-24(28)17-10-4-1-5-11-17/h1-15,20-23H,16H2/t20-,21+,22-,23?/m1/s1. The van der Waals surface area contributed by atoms with Crippen LogP contribution in [-0.4, -0.2) is 47.8 Å². The summed E-state index contributed by atoms with van der Waals surface area (Å²) in [5, 5.41) is -0.783. The van der Waals surface area contributed by atoms with Crippen molar-refractivity contribution in [2.45, 2.75) is 23.3 Å². The molecule has 0 spiro atoms. The molecule has 0 radical (unpaired) electrons. The predicted molar refractivity (Wildman–Crippen MR) is 126 cm³/mol. The average Bonchev–Trinajstić information content (AvgIpc) is 3.17. The topological polar surface area (TPSA) is 88.1 Å². The monoisotopic (exact) mass is 524 g/mol. The third-order valence-electron chi connectivity index (χ3n) is 5.15. The van der Waals surface area contributed by atoms with Gasteiger partial charge in [0.2, 0.25) is 0 Å². The summed E-state index contributed by atoms with van der Waals surface area (Å²) in [5.74, 6) is -1.76. The molecule has 3 aromatic carbocycles. The van der Waals surface area contributed by atoms with Crippen LogP contribution in [0.15, 0.2) is 91.0 Å². The van der Waals surface area contributed by atoms with E-state index in [0.717, 1.165) is 0 Å². The summed E-state index contributed by atoms with van der Waals surface area (Å²) in [4.78, 5) is 37.8. The predicted octanol–water partition coefficient (Wildman–Crippen LogP) is 4.41. The van der Waals surface area contributed by atoms with Gasteiger partial charge in [-0.3, -0.25) is 0 Å². The quantitative estimate of drug-likeness (QED) is 0.257. The SMILES string of the molecule is O=C(OC[C@H]1OC(Br)[C@H](OC(=O)c2ccccc2)[C@H]1OC(=O)c1ccccc1)c1ccccc1. The molecule has 0 amide bonds. The van der Waals surface area contributed by atoms with Crippen LogP contribution < -0.4 is 0 Å². The molecule has 0 aromatic heterocycles. The van der Waals surface area contributed by atoms with Gasteiger partial charge in [0.1, 0.15) is 12.7 Å². The van der Waals surface area contributed by atoms with E-state index >= 15 is 0 Å². The Morgan fingerprint density at radius 1 is 0.647 bits per heavy atom. The highest BCUT2D eigenvalue weighted by molar-refractivity contribution is 9.09. The lowest BCUT2D eigenvalue weighted by molar-refractivity contribution is -0.0435. The smallest absolute Gasteiger partial charge is 0.338 e. The molecular formula is C26H21BrO7. The summed E-state index contributed by atoms with van der Waals surface area (Å²) in [6.45, 7) is -0.206. The van der Waals surface area contributed by atoms with Gasteiger partial charge in [-0.05, 0) is 36.4 Å². The summed E-state index contributed by atoms with van der Waals surface area (Å²) >= 11 is 3.35. The summed E-state index contributed by atoms with van der Waals surface area (Å²) in [6, 6.07) is 25.4. The number of rotatable bonds is 7. The molecular weight excluding hydrogens is 504 g/mol. The van der Waals surface area contributed by atoms with E-state index in [1.54, 1.807) is 91.0 Å². The number of hydrogen-bond acceptors (Lipinski definition) is 7. The van der Waals surface area contributed by atoms with E-state index in [-0.39, 0.29) is 6.61 Å². The largest absolute Gasteiger partial charge is 0.459 e. The van der Waals surface area contributed by atoms with Crippen molar-refractivity contribution in [1.29, 1.82) is 0 Å². The van der Waals surface area contributed by atoms with E-state index < -0.39 is 41.2 Å². The van der Waals surface area contributed by atoms with Crippen molar-refractivity contribution in [3.8, 4) is 0 Å². The molecule has 1 fully saturated rings. The molecule has 4 rings (SSSR count). The van der Waals surface area contributed by atoms with Crippen LogP contribution >= 0.6 is 15.9 Å². The van der Waals surface area contributed by atoms with Gasteiger partial charge in [-0.1, -0.05) is 70.5 Å². The Bertz CT molecular complexity index is 1120. The highest BCUT2D eigenvalue weighted by atomic mass is 79.9. The number of alkyl halides is 1. The molecule has 1 unspecified atom stereocenters. The average molecular weight is 525 g/mol. The Balaban J connectivity index is 1.51. The molecule has 1 heterocycles. The highest BCUT2D eigenvalue weighted by Gasteiger charge is 2.49. The van der Waals surface area contributed by atoms with Crippen molar-refractivity contribution in [3.63, 3.8) is 0 Å². The van der Waals surface area contributed by atoms with Crippen molar-refractivity contribution >= 4 is 33.8 Å². The van der Waals surface area contributed by atoms with E-state index in [2.05, 4.69) is 15.9 Å². The fourth-order valence-electron chi connectivity index (χ4n) is 3.43. The lowest BCUT2D eigenvalue weighted by Gasteiger charge is -2.23. The van der Waals surface area contributed by atoms with Gasteiger partial charge in [-0.15, -0.1) is 0 Å². The summed E-state index contributed by atoms with van der Waals surface area (Å²) in [7, 11) is 0. The highest BCUT2D eigenvalue weighted by Crippen LogP contribution is 2.32. The minimum Gasteiger partial charge on any atom is -0.459 e. The first kappa shape index (κ1) is 23.7.